The average Bonchev–Trinajstić information content (AvgIpc) is 3.36. The number of hydrogen-bond acceptors (Lipinski definition) is 4. The molecule has 1 saturated heterocycles. The molecule has 0 bridgehead atoms. The van der Waals surface area contributed by atoms with Crippen LogP contribution in [0.3, 0.4) is 0 Å². The SMILES string of the molecule is NCCC1CCN(c2c(F)cc3c(=O)c(C(=O)O)cn(C4CC4)c3c2F)C1. The summed E-state index contributed by atoms with van der Waals surface area (Å²) in [5, 5.41) is 9.05. The number of carboxylic acids is 1. The summed E-state index contributed by atoms with van der Waals surface area (Å²) in [6, 6.07) is 0.917. The van der Waals surface area contributed by atoms with Gasteiger partial charge in [-0.05, 0) is 44.2 Å². The van der Waals surface area contributed by atoms with Gasteiger partial charge in [0, 0.05) is 25.3 Å². The highest BCUT2D eigenvalue weighted by Crippen LogP contribution is 2.40. The van der Waals surface area contributed by atoms with E-state index in [4.69, 9.17) is 5.73 Å². The Hall–Kier alpha value is -2.48. The maximum absolute atomic E-state index is 15.4. The molecule has 144 valence electrons. The Morgan fingerprint density at radius 1 is 1.30 bits per heavy atom. The minimum absolute atomic E-state index is 0.00817. The van der Waals surface area contributed by atoms with E-state index in [1.807, 2.05) is 0 Å². The minimum atomic E-state index is -1.40. The number of anilines is 1. The number of fused-ring (bicyclic) bond motifs is 1. The van der Waals surface area contributed by atoms with E-state index >= 15 is 4.39 Å². The van der Waals surface area contributed by atoms with Crippen LogP contribution in [0.2, 0.25) is 0 Å². The smallest absolute Gasteiger partial charge is 0.341 e. The van der Waals surface area contributed by atoms with E-state index in [1.165, 1.54) is 10.8 Å². The van der Waals surface area contributed by atoms with E-state index in [1.54, 1.807) is 4.90 Å². The van der Waals surface area contributed by atoms with Crippen molar-refractivity contribution in [1.82, 2.24) is 4.57 Å². The summed E-state index contributed by atoms with van der Waals surface area (Å²) in [6.45, 7) is 1.56. The molecule has 0 amide bonds. The van der Waals surface area contributed by atoms with Crippen LogP contribution in [-0.2, 0) is 0 Å². The number of benzene rings is 1. The Morgan fingerprint density at radius 2 is 2.04 bits per heavy atom. The highest BCUT2D eigenvalue weighted by Gasteiger charge is 2.32. The first kappa shape index (κ1) is 17.9. The topological polar surface area (TPSA) is 88.6 Å². The minimum Gasteiger partial charge on any atom is -0.477 e. The molecule has 1 saturated carbocycles. The van der Waals surface area contributed by atoms with Crippen molar-refractivity contribution in [3.8, 4) is 0 Å². The van der Waals surface area contributed by atoms with E-state index < -0.39 is 28.6 Å². The third-order valence-electron chi connectivity index (χ3n) is 5.53. The number of hydrogen-bond donors (Lipinski definition) is 2. The maximum atomic E-state index is 15.4. The summed E-state index contributed by atoms with van der Waals surface area (Å²) in [7, 11) is 0. The summed E-state index contributed by atoms with van der Waals surface area (Å²) in [4.78, 5) is 25.5. The van der Waals surface area contributed by atoms with E-state index in [2.05, 4.69) is 0 Å². The highest BCUT2D eigenvalue weighted by atomic mass is 19.1. The molecule has 1 aliphatic carbocycles. The van der Waals surface area contributed by atoms with E-state index in [-0.39, 0.29) is 28.6 Å². The van der Waals surface area contributed by atoms with Crippen LogP contribution in [0.1, 0.15) is 42.1 Å². The molecule has 1 atom stereocenters. The van der Waals surface area contributed by atoms with E-state index in [0.717, 1.165) is 31.7 Å². The van der Waals surface area contributed by atoms with Gasteiger partial charge < -0.3 is 20.3 Å². The summed E-state index contributed by atoms with van der Waals surface area (Å²) < 4.78 is 31.7. The second kappa shape index (κ2) is 6.60. The van der Waals surface area contributed by atoms with Gasteiger partial charge in [0.15, 0.2) is 5.82 Å². The van der Waals surface area contributed by atoms with Gasteiger partial charge in [-0.15, -0.1) is 0 Å². The first-order chi connectivity index (χ1) is 12.9. The average molecular weight is 377 g/mol. The molecule has 1 aromatic heterocycles. The van der Waals surface area contributed by atoms with Crippen LogP contribution < -0.4 is 16.1 Å². The zero-order valence-electron chi connectivity index (χ0n) is 14.8. The van der Waals surface area contributed by atoms with Gasteiger partial charge in [0.25, 0.3) is 0 Å². The Labute approximate surface area is 154 Å². The van der Waals surface area contributed by atoms with Crippen molar-refractivity contribution < 1.29 is 18.7 Å². The molecule has 0 radical (unpaired) electrons. The summed E-state index contributed by atoms with van der Waals surface area (Å²) in [5.74, 6) is -2.75. The Balaban J connectivity index is 1.91. The zero-order valence-corrected chi connectivity index (χ0v) is 14.8. The molecule has 0 spiro atoms. The van der Waals surface area contributed by atoms with Crippen LogP contribution >= 0.6 is 0 Å². The lowest BCUT2D eigenvalue weighted by Crippen LogP contribution is -2.25. The van der Waals surface area contributed by atoms with Gasteiger partial charge in [-0.1, -0.05) is 0 Å². The van der Waals surface area contributed by atoms with Gasteiger partial charge in [0.1, 0.15) is 17.1 Å². The predicted octanol–water partition coefficient (Wildman–Crippen LogP) is 2.49. The second-order valence-electron chi connectivity index (χ2n) is 7.41. The number of halogens is 2. The molecule has 1 unspecified atom stereocenters. The number of aromatic carboxylic acids is 1. The van der Waals surface area contributed by atoms with Crippen molar-refractivity contribution in [3.05, 3.63) is 39.7 Å². The first-order valence-electron chi connectivity index (χ1n) is 9.17. The third-order valence-corrected chi connectivity index (χ3v) is 5.53. The molecule has 8 heteroatoms. The lowest BCUT2D eigenvalue weighted by molar-refractivity contribution is 0.0695. The Kier molecular flexibility index (Phi) is 4.38. The van der Waals surface area contributed by atoms with Gasteiger partial charge in [-0.3, -0.25) is 4.79 Å². The van der Waals surface area contributed by atoms with Crippen LogP contribution in [0.25, 0.3) is 10.9 Å². The normalized spacial score (nSPS) is 19.8. The molecule has 2 heterocycles. The number of carboxylic acid groups (broad SMARTS) is 1. The molecule has 4 rings (SSSR count). The predicted molar refractivity (Wildman–Crippen MR) is 97.3 cm³/mol. The van der Waals surface area contributed by atoms with Crippen molar-refractivity contribution in [2.75, 3.05) is 24.5 Å². The van der Waals surface area contributed by atoms with Crippen LogP contribution in [0.4, 0.5) is 14.5 Å². The van der Waals surface area contributed by atoms with Crippen molar-refractivity contribution in [2.45, 2.75) is 31.7 Å². The number of carbonyl (C=O) groups is 1. The van der Waals surface area contributed by atoms with Crippen LogP contribution in [-0.4, -0.2) is 35.3 Å². The monoisotopic (exact) mass is 377 g/mol. The lowest BCUT2D eigenvalue weighted by Gasteiger charge is -2.22. The second-order valence-corrected chi connectivity index (χ2v) is 7.41. The lowest BCUT2D eigenvalue weighted by atomic mass is 10.1. The van der Waals surface area contributed by atoms with E-state index in [9.17, 15) is 19.1 Å². The van der Waals surface area contributed by atoms with Gasteiger partial charge in [-0.25, -0.2) is 13.6 Å². The van der Waals surface area contributed by atoms with Gasteiger partial charge in [-0.2, -0.15) is 0 Å². The van der Waals surface area contributed by atoms with Gasteiger partial charge >= 0.3 is 5.97 Å². The van der Waals surface area contributed by atoms with Gasteiger partial charge in [0.05, 0.1) is 10.9 Å². The van der Waals surface area contributed by atoms with Gasteiger partial charge in [0.2, 0.25) is 5.43 Å². The van der Waals surface area contributed by atoms with Crippen LogP contribution in [0.5, 0.6) is 0 Å². The standard InChI is InChI=1S/C19H21F2N3O3/c20-14-7-12-16(15(21)17(14)23-6-4-10(8-23)3-5-22)24(11-1-2-11)9-13(18(12)25)19(26)27/h7,9-11H,1-6,8,22H2,(H,26,27). The highest BCUT2D eigenvalue weighted by molar-refractivity contribution is 5.94. The van der Waals surface area contributed by atoms with Crippen molar-refractivity contribution in [1.29, 1.82) is 0 Å². The van der Waals surface area contributed by atoms with E-state index in [0.29, 0.717) is 19.6 Å². The molecule has 2 aromatic rings. The fourth-order valence-corrected chi connectivity index (χ4v) is 4.02. The largest absolute Gasteiger partial charge is 0.477 e. The zero-order chi connectivity index (χ0) is 19.3. The molecule has 3 N–H and O–H groups in total. The molecule has 2 aliphatic rings. The molecule has 27 heavy (non-hydrogen) atoms. The fourth-order valence-electron chi connectivity index (χ4n) is 4.02. The molecule has 6 nitrogen and oxygen atoms in total. The van der Waals surface area contributed by atoms with Crippen molar-refractivity contribution in [2.24, 2.45) is 11.7 Å². The Morgan fingerprint density at radius 3 is 2.67 bits per heavy atom. The summed E-state index contributed by atoms with van der Waals surface area (Å²) >= 11 is 0. The van der Waals surface area contributed by atoms with Crippen molar-refractivity contribution in [3.63, 3.8) is 0 Å². The fraction of sp³-hybridized carbons (Fsp3) is 0.474. The molecule has 1 aliphatic heterocycles. The number of nitrogens with zero attached hydrogens (tertiary/aromatic N) is 2. The van der Waals surface area contributed by atoms with Crippen LogP contribution in [0.15, 0.2) is 17.1 Å². The third kappa shape index (κ3) is 2.97. The summed E-state index contributed by atoms with van der Waals surface area (Å²) in [5.41, 5.74) is 4.11. The molecule has 2 fully saturated rings. The summed E-state index contributed by atoms with van der Waals surface area (Å²) in [6.07, 6.45) is 4.33. The number of nitrogens with two attached hydrogens (primary N) is 1. The van der Waals surface area contributed by atoms with Crippen molar-refractivity contribution >= 4 is 22.6 Å². The Bertz CT molecular complexity index is 985. The number of aromatic nitrogens is 1. The van der Waals surface area contributed by atoms with Crippen LogP contribution in [0, 0.1) is 17.6 Å². The number of pyridine rings is 1. The molecule has 1 aromatic carbocycles. The quantitative estimate of drug-likeness (QED) is 0.836. The molecular weight excluding hydrogens is 356 g/mol. The molecular formula is C19H21F2N3O3. The number of rotatable bonds is 5. The maximum Gasteiger partial charge on any atom is 0.341 e. The first-order valence-corrected chi connectivity index (χ1v) is 9.17.